The molecule has 0 bridgehead atoms. The van der Waals surface area contributed by atoms with Crippen molar-refractivity contribution in [3.8, 4) is 11.5 Å². The van der Waals surface area contributed by atoms with Crippen LogP contribution in [0.1, 0.15) is 31.4 Å². The van der Waals surface area contributed by atoms with Crippen molar-refractivity contribution < 1.29 is 24.2 Å². The zero-order valence-electron chi connectivity index (χ0n) is 16.0. The van der Waals surface area contributed by atoms with Crippen molar-refractivity contribution >= 4 is 11.9 Å². The third kappa shape index (κ3) is 4.24. The van der Waals surface area contributed by atoms with Crippen molar-refractivity contribution in [2.75, 3.05) is 13.2 Å². The Morgan fingerprint density at radius 2 is 1.93 bits per heavy atom. The topological polar surface area (TPSA) is 107 Å². The van der Waals surface area contributed by atoms with E-state index in [0.717, 1.165) is 0 Å². The van der Waals surface area contributed by atoms with Crippen molar-refractivity contribution in [1.29, 1.82) is 0 Å². The number of carboxylic acids is 1. The van der Waals surface area contributed by atoms with Crippen LogP contribution in [0.3, 0.4) is 0 Å². The number of aryl methyl sites for hydroxylation is 1. The molecule has 1 aromatic carbocycles. The van der Waals surface area contributed by atoms with Crippen LogP contribution in [-0.4, -0.2) is 55.9 Å². The summed E-state index contributed by atoms with van der Waals surface area (Å²) in [4.78, 5) is 25.6. The predicted molar refractivity (Wildman–Crippen MR) is 99.1 cm³/mol. The summed E-state index contributed by atoms with van der Waals surface area (Å²) in [5, 5.41) is 17.5. The van der Waals surface area contributed by atoms with Gasteiger partial charge in [-0.15, -0.1) is 10.2 Å². The van der Waals surface area contributed by atoms with Gasteiger partial charge in [-0.05, 0) is 32.4 Å². The molecule has 1 amide bonds. The summed E-state index contributed by atoms with van der Waals surface area (Å²) in [6.45, 7) is 4.84. The highest BCUT2D eigenvalue weighted by atomic mass is 16.5. The van der Waals surface area contributed by atoms with E-state index in [2.05, 4.69) is 10.2 Å². The smallest absolute Gasteiger partial charge is 0.328 e. The van der Waals surface area contributed by atoms with Crippen LogP contribution in [-0.2, 0) is 22.7 Å². The molecule has 1 unspecified atom stereocenters. The first-order valence-electron chi connectivity index (χ1n) is 9.26. The van der Waals surface area contributed by atoms with Crippen LogP contribution in [0.4, 0.5) is 0 Å². The van der Waals surface area contributed by atoms with Crippen LogP contribution < -0.4 is 9.47 Å². The maximum absolute atomic E-state index is 12.6. The molecule has 1 aliphatic rings. The van der Waals surface area contributed by atoms with Gasteiger partial charge in [-0.2, -0.15) is 0 Å². The highest BCUT2D eigenvalue weighted by molar-refractivity contribution is 5.83. The Bertz CT molecular complexity index is 851. The van der Waals surface area contributed by atoms with Gasteiger partial charge in [0.2, 0.25) is 5.91 Å². The number of hydrogen-bond donors (Lipinski definition) is 1. The molecule has 1 atom stereocenters. The highest BCUT2D eigenvalue weighted by Gasteiger charge is 2.35. The van der Waals surface area contributed by atoms with Crippen LogP contribution in [0.25, 0.3) is 0 Å². The Hall–Kier alpha value is -3.10. The minimum absolute atomic E-state index is 0.144. The molecule has 2 aromatic rings. The lowest BCUT2D eigenvalue weighted by Crippen LogP contribution is -2.50. The molecule has 1 N–H and O–H groups in total. The lowest BCUT2D eigenvalue weighted by Gasteiger charge is -2.33. The second-order valence-electron chi connectivity index (χ2n) is 6.48. The van der Waals surface area contributed by atoms with Crippen LogP contribution in [0.15, 0.2) is 24.3 Å². The number of nitrogens with zero attached hydrogens (tertiary/aromatic N) is 4. The first kappa shape index (κ1) is 19.7. The summed E-state index contributed by atoms with van der Waals surface area (Å²) in [7, 11) is 0. The van der Waals surface area contributed by atoms with E-state index in [1.54, 1.807) is 11.5 Å². The zero-order valence-corrected chi connectivity index (χ0v) is 16.0. The van der Waals surface area contributed by atoms with E-state index in [0.29, 0.717) is 42.8 Å². The molecule has 0 aliphatic carbocycles. The Labute approximate surface area is 162 Å². The molecular formula is C19H24N4O5. The number of fused-ring (bicyclic) bond motifs is 1. The first-order valence-corrected chi connectivity index (χ1v) is 9.26. The fourth-order valence-corrected chi connectivity index (χ4v) is 3.18. The summed E-state index contributed by atoms with van der Waals surface area (Å²) < 4.78 is 13.0. The molecule has 9 heteroatoms. The van der Waals surface area contributed by atoms with Crippen molar-refractivity contribution in [2.24, 2.45) is 0 Å². The summed E-state index contributed by atoms with van der Waals surface area (Å²) in [5.41, 5.74) is 0. The maximum Gasteiger partial charge on any atom is 0.328 e. The molecule has 1 aliphatic heterocycles. The fourth-order valence-electron chi connectivity index (χ4n) is 3.18. The standard InChI is InChI=1S/C19H24N4O5/c1-3-27-15-7-4-5-8-16(15)28-10-6-9-18(24)23-12-17-21-20-13(2)22(17)11-14(23)19(25)26/h4-5,7-8,14H,3,6,9-12H2,1-2H3,(H,25,26). The normalized spacial score (nSPS) is 15.8. The molecule has 0 saturated carbocycles. The molecule has 0 radical (unpaired) electrons. The van der Waals surface area contributed by atoms with Gasteiger partial charge in [0.15, 0.2) is 17.3 Å². The van der Waals surface area contributed by atoms with Gasteiger partial charge in [0.05, 0.1) is 26.3 Å². The molecule has 0 saturated heterocycles. The third-order valence-electron chi connectivity index (χ3n) is 4.60. The maximum atomic E-state index is 12.6. The molecule has 0 fully saturated rings. The molecule has 0 spiro atoms. The van der Waals surface area contributed by atoms with Gasteiger partial charge in [-0.3, -0.25) is 4.79 Å². The molecular weight excluding hydrogens is 364 g/mol. The van der Waals surface area contributed by atoms with E-state index in [1.165, 1.54) is 4.90 Å². The summed E-state index contributed by atoms with van der Waals surface area (Å²) in [6.07, 6.45) is 0.654. The van der Waals surface area contributed by atoms with Crippen LogP contribution in [0.5, 0.6) is 11.5 Å². The summed E-state index contributed by atoms with van der Waals surface area (Å²) in [5.74, 6) is 1.27. The molecule has 150 valence electrons. The van der Waals surface area contributed by atoms with E-state index in [1.807, 2.05) is 31.2 Å². The molecule has 28 heavy (non-hydrogen) atoms. The van der Waals surface area contributed by atoms with E-state index >= 15 is 0 Å². The lowest BCUT2D eigenvalue weighted by molar-refractivity contribution is -0.152. The van der Waals surface area contributed by atoms with E-state index in [4.69, 9.17) is 9.47 Å². The Morgan fingerprint density at radius 1 is 1.21 bits per heavy atom. The van der Waals surface area contributed by atoms with Crippen molar-refractivity contribution in [1.82, 2.24) is 19.7 Å². The monoisotopic (exact) mass is 388 g/mol. The van der Waals surface area contributed by atoms with Crippen molar-refractivity contribution in [3.05, 3.63) is 35.9 Å². The quantitative estimate of drug-likeness (QED) is 0.685. The second kappa shape index (κ2) is 8.73. The van der Waals surface area contributed by atoms with Gasteiger partial charge in [0.1, 0.15) is 11.9 Å². The average molecular weight is 388 g/mol. The number of hydrogen-bond acceptors (Lipinski definition) is 6. The number of aromatic nitrogens is 3. The number of amides is 1. The van der Waals surface area contributed by atoms with E-state index in [-0.39, 0.29) is 25.4 Å². The van der Waals surface area contributed by atoms with Gasteiger partial charge >= 0.3 is 5.97 Å². The molecule has 9 nitrogen and oxygen atoms in total. The summed E-state index contributed by atoms with van der Waals surface area (Å²) in [6, 6.07) is 6.44. The van der Waals surface area contributed by atoms with Crippen LogP contribution >= 0.6 is 0 Å². The minimum Gasteiger partial charge on any atom is -0.490 e. The summed E-state index contributed by atoms with van der Waals surface area (Å²) >= 11 is 0. The van der Waals surface area contributed by atoms with Crippen molar-refractivity contribution in [2.45, 2.75) is 45.8 Å². The minimum atomic E-state index is -1.03. The fraction of sp³-hybridized carbons (Fsp3) is 0.474. The predicted octanol–water partition coefficient (Wildman–Crippen LogP) is 1.64. The van der Waals surface area contributed by atoms with Gasteiger partial charge in [0.25, 0.3) is 0 Å². The number of benzene rings is 1. The second-order valence-corrected chi connectivity index (χ2v) is 6.48. The Balaban J connectivity index is 1.56. The number of carboxylic acid groups (broad SMARTS) is 1. The number of carbonyl (C=O) groups is 2. The largest absolute Gasteiger partial charge is 0.490 e. The van der Waals surface area contributed by atoms with Gasteiger partial charge < -0.3 is 24.0 Å². The number of para-hydroxylation sites is 2. The third-order valence-corrected chi connectivity index (χ3v) is 4.60. The number of ether oxygens (including phenoxy) is 2. The molecule has 2 heterocycles. The van der Waals surface area contributed by atoms with Crippen LogP contribution in [0.2, 0.25) is 0 Å². The average Bonchev–Trinajstić information content (AvgIpc) is 3.05. The highest BCUT2D eigenvalue weighted by Crippen LogP contribution is 2.26. The van der Waals surface area contributed by atoms with Crippen molar-refractivity contribution in [3.63, 3.8) is 0 Å². The van der Waals surface area contributed by atoms with Gasteiger partial charge in [0, 0.05) is 6.42 Å². The number of aliphatic carboxylic acids is 1. The lowest BCUT2D eigenvalue weighted by atomic mass is 10.1. The Morgan fingerprint density at radius 3 is 2.61 bits per heavy atom. The Kier molecular flexibility index (Phi) is 6.13. The van der Waals surface area contributed by atoms with Crippen LogP contribution in [0, 0.1) is 6.92 Å². The molecule has 3 rings (SSSR count). The van der Waals surface area contributed by atoms with E-state index in [9.17, 15) is 14.7 Å². The van der Waals surface area contributed by atoms with Gasteiger partial charge in [-0.25, -0.2) is 4.79 Å². The zero-order chi connectivity index (χ0) is 20.1. The van der Waals surface area contributed by atoms with Gasteiger partial charge in [-0.1, -0.05) is 12.1 Å². The van der Waals surface area contributed by atoms with E-state index < -0.39 is 12.0 Å². The first-order chi connectivity index (χ1) is 13.5. The SMILES string of the molecule is CCOc1ccccc1OCCCC(=O)N1Cc2nnc(C)n2CC1C(=O)O. The molecule has 1 aromatic heterocycles. The number of carbonyl (C=O) groups excluding carboxylic acids is 1. The number of rotatable bonds is 8.